The van der Waals surface area contributed by atoms with Crippen molar-refractivity contribution in [3.8, 4) is 5.75 Å². The molecular weight excluding hydrogens is 348 g/mol. The number of methoxy groups -OCH3 is 1. The molecule has 0 saturated carbocycles. The molecule has 27 heavy (non-hydrogen) atoms. The number of non-ortho nitro benzene ring substituents is 1. The van der Waals surface area contributed by atoms with E-state index in [1.807, 2.05) is 18.2 Å². The number of hydrogen-bond donors (Lipinski definition) is 1. The third-order valence-electron chi connectivity index (χ3n) is 3.73. The fourth-order valence-corrected chi connectivity index (χ4v) is 2.58. The second kappa shape index (κ2) is 8.53. The van der Waals surface area contributed by atoms with E-state index in [0.29, 0.717) is 24.3 Å². The zero-order valence-electron chi connectivity index (χ0n) is 15.9. The first-order chi connectivity index (χ1) is 12.7. The van der Waals surface area contributed by atoms with Crippen LogP contribution in [0, 0.1) is 10.1 Å². The molecule has 7 nitrogen and oxygen atoms in total. The topological polar surface area (TPSA) is 90.7 Å². The molecule has 0 unspecified atom stereocenters. The van der Waals surface area contributed by atoms with E-state index in [1.165, 1.54) is 19.2 Å². The van der Waals surface area contributed by atoms with Crippen LogP contribution in [0.25, 0.3) is 0 Å². The molecule has 0 radical (unpaired) electrons. The number of carbonyl (C=O) groups excluding carboxylic acids is 1. The summed E-state index contributed by atoms with van der Waals surface area (Å²) in [4.78, 5) is 22.5. The lowest BCUT2D eigenvalue weighted by molar-refractivity contribution is -0.384. The second-order valence-electron chi connectivity index (χ2n) is 7.08. The summed E-state index contributed by atoms with van der Waals surface area (Å²) >= 11 is 0. The lowest BCUT2D eigenvalue weighted by atomic mass is 10.0. The van der Waals surface area contributed by atoms with Gasteiger partial charge in [0.1, 0.15) is 11.4 Å². The van der Waals surface area contributed by atoms with E-state index in [4.69, 9.17) is 9.47 Å². The van der Waals surface area contributed by atoms with Gasteiger partial charge >= 0.3 is 6.09 Å². The van der Waals surface area contributed by atoms with Gasteiger partial charge in [0.05, 0.1) is 12.0 Å². The molecule has 2 aromatic rings. The fraction of sp³-hybridized carbons (Fsp3) is 0.350. The van der Waals surface area contributed by atoms with Crippen LogP contribution in [0.15, 0.2) is 42.5 Å². The first-order valence-electron chi connectivity index (χ1n) is 8.58. The van der Waals surface area contributed by atoms with Crippen LogP contribution < -0.4 is 10.1 Å². The Labute approximate surface area is 158 Å². The van der Waals surface area contributed by atoms with Gasteiger partial charge in [-0.25, -0.2) is 4.79 Å². The molecule has 2 rings (SSSR count). The molecule has 1 amide bonds. The molecule has 1 N–H and O–H groups in total. The summed E-state index contributed by atoms with van der Waals surface area (Å²) < 4.78 is 10.5. The van der Waals surface area contributed by atoms with Crippen molar-refractivity contribution in [3.05, 3.63) is 63.7 Å². The molecule has 0 saturated heterocycles. The Hall–Kier alpha value is -3.09. The zero-order chi connectivity index (χ0) is 20.0. The number of nitrogens with zero attached hydrogens (tertiary/aromatic N) is 1. The third kappa shape index (κ3) is 6.29. The minimum atomic E-state index is -0.569. The molecule has 0 bridgehead atoms. The molecule has 0 aliphatic rings. The molecule has 0 aliphatic heterocycles. The van der Waals surface area contributed by atoms with Crippen LogP contribution in [0.4, 0.5) is 16.2 Å². The number of anilines is 1. The molecule has 0 fully saturated rings. The molecular formula is C20H24N2O5. The Morgan fingerprint density at radius 3 is 2.52 bits per heavy atom. The van der Waals surface area contributed by atoms with Crippen molar-refractivity contribution in [2.24, 2.45) is 0 Å². The number of carbonyl (C=O) groups is 1. The summed E-state index contributed by atoms with van der Waals surface area (Å²) in [5.41, 5.74) is 1.84. The van der Waals surface area contributed by atoms with Gasteiger partial charge in [-0.3, -0.25) is 15.4 Å². The second-order valence-corrected chi connectivity index (χ2v) is 7.08. The zero-order valence-corrected chi connectivity index (χ0v) is 15.9. The highest BCUT2D eigenvalue weighted by molar-refractivity contribution is 5.84. The minimum Gasteiger partial charge on any atom is -0.496 e. The Morgan fingerprint density at radius 2 is 1.89 bits per heavy atom. The Morgan fingerprint density at radius 1 is 1.15 bits per heavy atom. The minimum absolute atomic E-state index is 0.0335. The van der Waals surface area contributed by atoms with E-state index in [2.05, 4.69) is 5.32 Å². The summed E-state index contributed by atoms with van der Waals surface area (Å²) in [5, 5.41) is 13.7. The normalized spacial score (nSPS) is 11.0. The average molecular weight is 372 g/mol. The number of hydrogen-bond acceptors (Lipinski definition) is 5. The fourth-order valence-electron chi connectivity index (χ4n) is 2.58. The maximum Gasteiger partial charge on any atom is 0.412 e. The van der Waals surface area contributed by atoms with E-state index in [-0.39, 0.29) is 5.69 Å². The Kier molecular flexibility index (Phi) is 6.39. The van der Waals surface area contributed by atoms with E-state index >= 15 is 0 Å². The largest absolute Gasteiger partial charge is 0.496 e. The van der Waals surface area contributed by atoms with Crippen LogP contribution in [0.3, 0.4) is 0 Å². The summed E-state index contributed by atoms with van der Waals surface area (Å²) in [6.45, 7) is 5.40. The van der Waals surface area contributed by atoms with Gasteiger partial charge in [0.15, 0.2) is 0 Å². The van der Waals surface area contributed by atoms with Crippen LogP contribution in [0.2, 0.25) is 0 Å². The number of amides is 1. The van der Waals surface area contributed by atoms with Gasteiger partial charge < -0.3 is 9.47 Å². The number of nitrogens with one attached hydrogen (secondary N) is 1. The van der Waals surface area contributed by atoms with Gasteiger partial charge in [-0.2, -0.15) is 0 Å². The highest BCUT2D eigenvalue weighted by Gasteiger charge is 2.16. The van der Waals surface area contributed by atoms with Crippen molar-refractivity contribution in [1.29, 1.82) is 0 Å². The molecule has 0 spiro atoms. The summed E-state index contributed by atoms with van der Waals surface area (Å²) in [5.74, 6) is 0.614. The number of benzene rings is 2. The van der Waals surface area contributed by atoms with Gasteiger partial charge in [-0.1, -0.05) is 12.1 Å². The van der Waals surface area contributed by atoms with Crippen LogP contribution in [0.5, 0.6) is 5.75 Å². The van der Waals surface area contributed by atoms with Gasteiger partial charge in [0.2, 0.25) is 0 Å². The standard InChI is InChI=1S/C20H24N2O5/c1-20(2,3)27-19(23)21-16-7-5-6-14(12-16)8-9-15-13-17(22(24)25)10-11-18(15)26-4/h5-7,10-13H,8-9H2,1-4H3,(H,21,23). The highest BCUT2D eigenvalue weighted by Crippen LogP contribution is 2.25. The predicted octanol–water partition coefficient (Wildman–Crippen LogP) is 4.74. The van der Waals surface area contributed by atoms with E-state index < -0.39 is 16.6 Å². The van der Waals surface area contributed by atoms with Crippen molar-refractivity contribution in [3.63, 3.8) is 0 Å². The molecule has 0 aromatic heterocycles. The summed E-state index contributed by atoms with van der Waals surface area (Å²) in [6.07, 6.45) is 0.697. The Bertz CT molecular complexity index is 827. The predicted molar refractivity (Wildman–Crippen MR) is 103 cm³/mol. The van der Waals surface area contributed by atoms with Gasteiger partial charge in [0.25, 0.3) is 5.69 Å². The summed E-state index contributed by atoms with van der Waals surface area (Å²) in [6, 6.07) is 12.0. The van der Waals surface area contributed by atoms with Crippen molar-refractivity contribution >= 4 is 17.5 Å². The molecule has 0 atom stereocenters. The number of aryl methyl sites for hydroxylation is 2. The average Bonchev–Trinajstić information content (AvgIpc) is 2.58. The first-order valence-corrected chi connectivity index (χ1v) is 8.58. The maximum atomic E-state index is 11.9. The number of nitro groups is 1. The lowest BCUT2D eigenvalue weighted by Crippen LogP contribution is -2.27. The number of nitro benzene ring substituents is 1. The van der Waals surface area contributed by atoms with Gasteiger partial charge in [0, 0.05) is 23.4 Å². The Balaban J connectivity index is 2.08. The molecule has 7 heteroatoms. The SMILES string of the molecule is COc1ccc([N+](=O)[O-])cc1CCc1cccc(NC(=O)OC(C)(C)C)c1. The highest BCUT2D eigenvalue weighted by atomic mass is 16.6. The van der Waals surface area contributed by atoms with Crippen LogP contribution in [-0.4, -0.2) is 23.7 Å². The summed E-state index contributed by atoms with van der Waals surface area (Å²) in [7, 11) is 1.54. The van der Waals surface area contributed by atoms with E-state index in [9.17, 15) is 14.9 Å². The lowest BCUT2D eigenvalue weighted by Gasteiger charge is -2.19. The van der Waals surface area contributed by atoms with Crippen LogP contribution in [0.1, 0.15) is 31.9 Å². The van der Waals surface area contributed by atoms with Crippen molar-refractivity contribution in [1.82, 2.24) is 0 Å². The van der Waals surface area contributed by atoms with Gasteiger partial charge in [-0.05, 0) is 57.4 Å². The van der Waals surface area contributed by atoms with Crippen LogP contribution >= 0.6 is 0 Å². The van der Waals surface area contributed by atoms with Crippen LogP contribution in [-0.2, 0) is 17.6 Å². The van der Waals surface area contributed by atoms with Gasteiger partial charge in [-0.15, -0.1) is 0 Å². The molecule has 0 aliphatic carbocycles. The van der Waals surface area contributed by atoms with Crippen molar-refractivity contribution < 1.29 is 19.2 Å². The smallest absolute Gasteiger partial charge is 0.412 e. The number of ether oxygens (including phenoxy) is 2. The maximum absolute atomic E-state index is 11.9. The molecule has 144 valence electrons. The third-order valence-corrected chi connectivity index (χ3v) is 3.73. The van der Waals surface area contributed by atoms with E-state index in [0.717, 1.165) is 11.1 Å². The quantitative estimate of drug-likeness (QED) is 0.584. The number of rotatable bonds is 6. The van der Waals surface area contributed by atoms with Crippen molar-refractivity contribution in [2.45, 2.75) is 39.2 Å². The van der Waals surface area contributed by atoms with E-state index in [1.54, 1.807) is 32.9 Å². The monoisotopic (exact) mass is 372 g/mol. The molecule has 2 aromatic carbocycles. The molecule has 0 heterocycles. The van der Waals surface area contributed by atoms with Crippen molar-refractivity contribution in [2.75, 3.05) is 12.4 Å². The first kappa shape index (κ1) is 20.2.